The third-order valence-corrected chi connectivity index (χ3v) is 4.67. The van der Waals surface area contributed by atoms with Crippen LogP contribution in [0.3, 0.4) is 0 Å². The molecule has 1 saturated heterocycles. The van der Waals surface area contributed by atoms with Crippen LogP contribution in [-0.4, -0.2) is 44.5 Å². The number of carbonyl (C=O) groups excluding carboxylic acids is 1. The third-order valence-electron chi connectivity index (χ3n) is 3.83. The lowest BCUT2D eigenvalue weighted by atomic mass is 10.3. The van der Waals surface area contributed by atoms with Gasteiger partial charge in [0.1, 0.15) is 0 Å². The summed E-state index contributed by atoms with van der Waals surface area (Å²) in [6.07, 6.45) is 2.15. The fourth-order valence-corrected chi connectivity index (χ4v) is 3.50. The minimum Gasteiger partial charge on any atom is -0.355 e. The summed E-state index contributed by atoms with van der Waals surface area (Å²) in [5.74, 6) is 0.180. The molecule has 7 nitrogen and oxygen atoms in total. The molecule has 2 aromatic heterocycles. The molecule has 0 saturated carbocycles. The molecule has 0 bridgehead atoms. The molecule has 1 atom stereocenters. The Kier molecular flexibility index (Phi) is 4.10. The Bertz CT molecular complexity index is 753. The summed E-state index contributed by atoms with van der Waals surface area (Å²) < 4.78 is 1.33. The number of nitrogens with zero attached hydrogens (tertiary/aromatic N) is 4. The summed E-state index contributed by atoms with van der Waals surface area (Å²) in [4.78, 5) is 30.6. The fraction of sp³-hybridized carbons (Fsp3) is 0.571. The van der Waals surface area contributed by atoms with E-state index in [0.29, 0.717) is 23.1 Å². The first-order valence-electron chi connectivity index (χ1n) is 7.54. The maximum absolute atomic E-state index is 12.0. The summed E-state index contributed by atoms with van der Waals surface area (Å²) in [6.45, 7) is 5.30. The Morgan fingerprint density at radius 2 is 2.32 bits per heavy atom. The Morgan fingerprint density at radius 1 is 1.50 bits per heavy atom. The number of aryl methyl sites for hydroxylation is 1. The van der Waals surface area contributed by atoms with E-state index in [1.54, 1.807) is 0 Å². The molecule has 0 radical (unpaired) electrons. The number of hydrogen-bond acceptors (Lipinski definition) is 6. The van der Waals surface area contributed by atoms with Gasteiger partial charge in [-0.15, -0.1) is 5.10 Å². The van der Waals surface area contributed by atoms with Crippen LogP contribution in [0.2, 0.25) is 0 Å². The lowest BCUT2D eigenvalue weighted by Gasteiger charge is -2.15. The molecule has 1 aliphatic heterocycles. The highest BCUT2D eigenvalue weighted by Crippen LogP contribution is 2.21. The van der Waals surface area contributed by atoms with Gasteiger partial charge in [-0.1, -0.05) is 25.2 Å². The molecule has 1 fully saturated rings. The van der Waals surface area contributed by atoms with Crippen molar-refractivity contribution < 1.29 is 4.79 Å². The number of hydrogen-bond donors (Lipinski definition) is 1. The molecule has 3 rings (SSSR count). The lowest BCUT2D eigenvalue weighted by Crippen LogP contribution is -2.30. The molecule has 2 aromatic rings. The van der Waals surface area contributed by atoms with Crippen LogP contribution in [0, 0.1) is 0 Å². The molecule has 0 aromatic carbocycles. The van der Waals surface area contributed by atoms with Crippen molar-refractivity contribution in [3.8, 4) is 0 Å². The number of aromatic nitrogens is 3. The maximum atomic E-state index is 12.0. The van der Waals surface area contributed by atoms with Crippen LogP contribution in [-0.2, 0) is 11.2 Å². The van der Waals surface area contributed by atoms with Gasteiger partial charge in [-0.05, 0) is 12.8 Å². The second-order valence-corrected chi connectivity index (χ2v) is 6.32. The smallest absolute Gasteiger partial charge is 0.275 e. The molecule has 8 heteroatoms. The van der Waals surface area contributed by atoms with Gasteiger partial charge in [-0.2, -0.15) is 4.52 Å². The average Bonchev–Trinajstić information content (AvgIpc) is 3.13. The monoisotopic (exact) mass is 321 g/mol. The van der Waals surface area contributed by atoms with Gasteiger partial charge in [0.2, 0.25) is 16.0 Å². The second-order valence-electron chi connectivity index (χ2n) is 5.36. The zero-order valence-corrected chi connectivity index (χ0v) is 13.5. The highest BCUT2D eigenvalue weighted by atomic mass is 32.1. The van der Waals surface area contributed by atoms with Gasteiger partial charge >= 0.3 is 0 Å². The minimum atomic E-state index is -0.152. The van der Waals surface area contributed by atoms with E-state index in [-0.39, 0.29) is 17.5 Å². The summed E-state index contributed by atoms with van der Waals surface area (Å²) >= 11 is 1.37. The molecule has 118 valence electrons. The molecule has 1 unspecified atom stereocenters. The maximum Gasteiger partial charge on any atom is 0.275 e. The van der Waals surface area contributed by atoms with Gasteiger partial charge < -0.3 is 10.2 Å². The van der Waals surface area contributed by atoms with Crippen molar-refractivity contribution in [3.05, 3.63) is 22.1 Å². The predicted octanol–water partition coefficient (Wildman–Crippen LogP) is 1.14. The Labute approximate surface area is 132 Å². The van der Waals surface area contributed by atoms with Gasteiger partial charge in [-0.25, -0.2) is 4.98 Å². The summed E-state index contributed by atoms with van der Waals surface area (Å²) in [7, 11) is 0. The fourth-order valence-electron chi connectivity index (χ4n) is 2.60. The van der Waals surface area contributed by atoms with Gasteiger partial charge in [0, 0.05) is 37.3 Å². The Balaban J connectivity index is 1.76. The summed E-state index contributed by atoms with van der Waals surface area (Å²) in [6, 6.07) is 1.70. The van der Waals surface area contributed by atoms with Gasteiger partial charge in [0.15, 0.2) is 0 Å². The number of fused-ring (bicyclic) bond motifs is 1. The van der Waals surface area contributed by atoms with Crippen LogP contribution in [0.1, 0.15) is 32.4 Å². The van der Waals surface area contributed by atoms with Crippen LogP contribution < -0.4 is 10.9 Å². The van der Waals surface area contributed by atoms with Crippen LogP contribution in [0.25, 0.3) is 4.96 Å². The van der Waals surface area contributed by atoms with Crippen molar-refractivity contribution in [3.63, 3.8) is 0 Å². The first-order valence-corrected chi connectivity index (χ1v) is 8.36. The first kappa shape index (κ1) is 15.0. The quantitative estimate of drug-likeness (QED) is 0.913. The number of anilines is 1. The van der Waals surface area contributed by atoms with E-state index < -0.39 is 0 Å². The number of nitrogens with one attached hydrogen (secondary N) is 1. The van der Waals surface area contributed by atoms with Gasteiger partial charge in [0.25, 0.3) is 5.56 Å². The first-order chi connectivity index (χ1) is 10.6. The number of carbonyl (C=O) groups is 1. The Hall–Kier alpha value is -1.96. The van der Waals surface area contributed by atoms with Crippen molar-refractivity contribution in [1.29, 1.82) is 0 Å². The molecule has 0 aliphatic carbocycles. The standard InChI is InChI=1S/C14H19N5O2S/c1-3-9-7-12(21)19-14(16-9)22-13(17-19)15-10-5-6-18(8-10)11(20)4-2/h7,10H,3-6,8H2,1-2H3,(H,15,17). The van der Waals surface area contributed by atoms with E-state index >= 15 is 0 Å². The molecule has 3 heterocycles. The van der Waals surface area contributed by atoms with E-state index in [0.717, 1.165) is 25.1 Å². The second kappa shape index (κ2) is 6.04. The molecular weight excluding hydrogens is 302 g/mol. The number of amides is 1. The predicted molar refractivity (Wildman–Crippen MR) is 85.4 cm³/mol. The van der Waals surface area contributed by atoms with E-state index in [2.05, 4.69) is 15.4 Å². The molecule has 0 spiro atoms. The SMILES string of the molecule is CCC(=O)N1CCC(Nc2nn3c(=O)cc(CC)nc3s2)C1. The van der Waals surface area contributed by atoms with Gasteiger partial charge in [0.05, 0.1) is 0 Å². The molecule has 22 heavy (non-hydrogen) atoms. The van der Waals surface area contributed by atoms with Crippen molar-refractivity contribution >= 4 is 27.3 Å². The minimum absolute atomic E-state index is 0.152. The number of likely N-dealkylation sites (tertiary alicyclic amines) is 1. The lowest BCUT2D eigenvalue weighted by molar-refractivity contribution is -0.129. The largest absolute Gasteiger partial charge is 0.355 e. The van der Waals surface area contributed by atoms with E-state index in [1.807, 2.05) is 18.7 Å². The Morgan fingerprint density at radius 3 is 3.05 bits per heavy atom. The average molecular weight is 321 g/mol. The van der Waals surface area contributed by atoms with E-state index in [4.69, 9.17) is 0 Å². The zero-order chi connectivity index (χ0) is 15.7. The number of rotatable bonds is 4. The molecule has 1 aliphatic rings. The van der Waals surface area contributed by atoms with Crippen molar-refractivity contribution in [2.75, 3.05) is 18.4 Å². The van der Waals surface area contributed by atoms with Crippen molar-refractivity contribution in [2.45, 2.75) is 39.2 Å². The van der Waals surface area contributed by atoms with Crippen LogP contribution in [0.4, 0.5) is 5.13 Å². The summed E-state index contributed by atoms with van der Waals surface area (Å²) in [5.41, 5.74) is 0.626. The molecule has 1 amide bonds. The molecule has 1 N–H and O–H groups in total. The highest BCUT2D eigenvalue weighted by molar-refractivity contribution is 7.20. The normalized spacial score (nSPS) is 18.1. The molecular formula is C14H19N5O2S. The third kappa shape index (κ3) is 2.83. The van der Waals surface area contributed by atoms with Gasteiger partial charge in [-0.3, -0.25) is 9.59 Å². The van der Waals surface area contributed by atoms with E-state index in [1.165, 1.54) is 21.9 Å². The van der Waals surface area contributed by atoms with Crippen LogP contribution in [0.15, 0.2) is 10.9 Å². The highest BCUT2D eigenvalue weighted by Gasteiger charge is 2.26. The van der Waals surface area contributed by atoms with Crippen LogP contribution >= 0.6 is 11.3 Å². The topological polar surface area (TPSA) is 79.6 Å². The van der Waals surface area contributed by atoms with E-state index in [9.17, 15) is 9.59 Å². The van der Waals surface area contributed by atoms with Crippen molar-refractivity contribution in [1.82, 2.24) is 19.5 Å². The summed E-state index contributed by atoms with van der Waals surface area (Å²) in [5, 5.41) is 8.28. The zero-order valence-electron chi connectivity index (χ0n) is 12.7. The van der Waals surface area contributed by atoms with Crippen molar-refractivity contribution in [2.24, 2.45) is 0 Å². The van der Waals surface area contributed by atoms with Crippen LogP contribution in [0.5, 0.6) is 0 Å².